The molecule has 39 heavy (non-hydrogen) atoms. The number of amides is 1. The van der Waals surface area contributed by atoms with E-state index in [0.29, 0.717) is 12.8 Å². The molecule has 1 amide bonds. The third-order valence-electron chi connectivity index (χ3n) is 7.36. The lowest BCUT2D eigenvalue weighted by atomic mass is 10.1. The van der Waals surface area contributed by atoms with Gasteiger partial charge < -0.3 is 14.4 Å². The van der Waals surface area contributed by atoms with Crippen LogP contribution in [-0.4, -0.2) is 64.0 Å². The Morgan fingerprint density at radius 2 is 1.74 bits per heavy atom. The smallest absolute Gasteiger partial charge is 0.257 e. The molecule has 0 atom stereocenters. The number of rotatable bonds is 10. The number of carbonyl (C=O) groups excluding carboxylic acids is 1. The number of carbonyl (C=O) groups is 1. The Morgan fingerprint density at radius 1 is 0.974 bits per heavy atom. The zero-order valence-electron chi connectivity index (χ0n) is 22.7. The van der Waals surface area contributed by atoms with Crippen LogP contribution < -0.4 is 15.0 Å². The Labute approximate surface area is 233 Å². The lowest BCUT2D eigenvalue weighted by Gasteiger charge is -2.34. The van der Waals surface area contributed by atoms with Crippen LogP contribution in [-0.2, 0) is 24.8 Å². The van der Waals surface area contributed by atoms with Gasteiger partial charge in [0.2, 0.25) is 12.7 Å². The van der Waals surface area contributed by atoms with Crippen molar-refractivity contribution in [2.45, 2.75) is 44.3 Å². The fraction of sp³-hybridized carbons (Fsp3) is 0.433. The minimum absolute atomic E-state index is 0.0155. The number of thioether (sulfide) groups is 1. The average molecular weight is 549 g/mol. The summed E-state index contributed by atoms with van der Waals surface area (Å²) < 4.78 is 12.5. The molecule has 2 aliphatic heterocycles. The predicted molar refractivity (Wildman–Crippen MR) is 152 cm³/mol. The van der Waals surface area contributed by atoms with E-state index in [1.54, 1.807) is 23.4 Å². The Morgan fingerprint density at radius 3 is 2.54 bits per heavy atom. The number of aryl methyl sites for hydroxylation is 1. The highest BCUT2D eigenvalue weighted by Gasteiger charge is 2.22. The number of aromatic nitrogens is 2. The standard InChI is InChI=1S/C30H36N4O4S/c1-22-25(18-23-8-4-3-5-9-23)29(36)32(2)30(31-22)39-17-7-6-10-28(35)34-15-13-33(14-16-34)20-24-11-12-26-27(19-24)38-21-37-26/h3-5,8-9,11-12,19H,6-7,10,13-18,20-21H2,1-2H3. The van der Waals surface area contributed by atoms with Crippen molar-refractivity contribution in [2.75, 3.05) is 38.7 Å². The van der Waals surface area contributed by atoms with Gasteiger partial charge in [-0.05, 0) is 43.0 Å². The highest BCUT2D eigenvalue weighted by atomic mass is 32.2. The maximum absolute atomic E-state index is 13.0. The van der Waals surface area contributed by atoms with Crippen molar-refractivity contribution in [3.8, 4) is 11.5 Å². The molecule has 0 unspecified atom stereocenters. The maximum atomic E-state index is 13.0. The van der Waals surface area contributed by atoms with Crippen LogP contribution in [0.15, 0.2) is 58.5 Å². The minimum atomic E-state index is 0.0155. The zero-order valence-corrected chi connectivity index (χ0v) is 23.5. The molecule has 206 valence electrons. The first kappa shape index (κ1) is 27.3. The summed E-state index contributed by atoms with van der Waals surface area (Å²) in [7, 11) is 1.79. The lowest BCUT2D eigenvalue weighted by Crippen LogP contribution is -2.48. The van der Waals surface area contributed by atoms with Crippen molar-refractivity contribution in [3.05, 3.63) is 81.3 Å². The number of nitrogens with zero attached hydrogens (tertiary/aromatic N) is 4. The molecule has 1 saturated heterocycles. The summed E-state index contributed by atoms with van der Waals surface area (Å²) in [5, 5.41) is 0.735. The summed E-state index contributed by atoms with van der Waals surface area (Å²) in [6.07, 6.45) is 2.89. The number of benzene rings is 2. The van der Waals surface area contributed by atoms with E-state index in [1.165, 1.54) is 5.56 Å². The van der Waals surface area contributed by atoms with Crippen LogP contribution in [0.3, 0.4) is 0 Å². The summed E-state index contributed by atoms with van der Waals surface area (Å²) in [4.78, 5) is 34.8. The van der Waals surface area contributed by atoms with E-state index < -0.39 is 0 Å². The summed E-state index contributed by atoms with van der Waals surface area (Å²) >= 11 is 1.59. The van der Waals surface area contributed by atoms with Crippen molar-refractivity contribution >= 4 is 17.7 Å². The molecule has 0 bridgehead atoms. The molecule has 3 aromatic rings. The number of ether oxygens (including phenoxy) is 2. The Kier molecular flexibility index (Phi) is 8.88. The van der Waals surface area contributed by atoms with Crippen LogP contribution in [0, 0.1) is 6.92 Å². The molecule has 0 aliphatic carbocycles. The van der Waals surface area contributed by atoms with Gasteiger partial charge in [0.25, 0.3) is 5.56 Å². The van der Waals surface area contributed by atoms with Gasteiger partial charge in [0.1, 0.15) is 0 Å². The van der Waals surface area contributed by atoms with Crippen molar-refractivity contribution in [1.82, 2.24) is 19.4 Å². The van der Waals surface area contributed by atoms with Gasteiger partial charge in [-0.3, -0.25) is 19.1 Å². The fourth-order valence-electron chi connectivity index (χ4n) is 5.02. The van der Waals surface area contributed by atoms with Gasteiger partial charge in [0.15, 0.2) is 16.7 Å². The van der Waals surface area contributed by atoms with E-state index in [9.17, 15) is 9.59 Å². The summed E-state index contributed by atoms with van der Waals surface area (Å²) in [6.45, 7) is 6.31. The Hall–Kier alpha value is -3.30. The van der Waals surface area contributed by atoms with Crippen molar-refractivity contribution in [1.29, 1.82) is 0 Å². The first-order chi connectivity index (χ1) is 19.0. The molecular weight excluding hydrogens is 512 g/mol. The lowest BCUT2D eigenvalue weighted by molar-refractivity contribution is -0.133. The van der Waals surface area contributed by atoms with Crippen LogP contribution in [0.2, 0.25) is 0 Å². The molecule has 0 radical (unpaired) electrons. The Balaban J connectivity index is 1.02. The van der Waals surface area contributed by atoms with Crippen LogP contribution in [0.25, 0.3) is 0 Å². The zero-order chi connectivity index (χ0) is 27.2. The van der Waals surface area contributed by atoms with E-state index >= 15 is 0 Å². The number of fused-ring (bicyclic) bond motifs is 1. The molecular formula is C30H36N4O4S. The largest absolute Gasteiger partial charge is 0.454 e. The number of hydrogen-bond donors (Lipinski definition) is 0. The van der Waals surface area contributed by atoms with Crippen LogP contribution in [0.5, 0.6) is 11.5 Å². The van der Waals surface area contributed by atoms with E-state index in [1.807, 2.05) is 54.3 Å². The summed E-state index contributed by atoms with van der Waals surface area (Å²) in [6, 6.07) is 16.1. The molecule has 2 aromatic carbocycles. The molecule has 2 aliphatic rings. The number of unbranched alkanes of at least 4 members (excludes halogenated alkanes) is 1. The van der Waals surface area contributed by atoms with Gasteiger partial charge >= 0.3 is 0 Å². The molecule has 0 saturated carbocycles. The van der Waals surface area contributed by atoms with Crippen molar-refractivity contribution in [2.24, 2.45) is 7.05 Å². The van der Waals surface area contributed by atoms with Gasteiger partial charge in [-0.25, -0.2) is 4.98 Å². The van der Waals surface area contributed by atoms with E-state index in [-0.39, 0.29) is 18.3 Å². The SMILES string of the molecule is Cc1nc(SCCCCC(=O)N2CCN(Cc3ccc4c(c3)OCO4)CC2)n(C)c(=O)c1Cc1ccccc1. The summed E-state index contributed by atoms with van der Waals surface area (Å²) in [5.74, 6) is 2.68. The number of piperazine rings is 1. The van der Waals surface area contributed by atoms with Gasteiger partial charge in [0.05, 0.1) is 0 Å². The molecule has 1 aromatic heterocycles. The van der Waals surface area contributed by atoms with Crippen molar-refractivity contribution < 1.29 is 14.3 Å². The van der Waals surface area contributed by atoms with E-state index in [4.69, 9.17) is 14.5 Å². The quantitative estimate of drug-likeness (QED) is 0.215. The second-order valence-corrected chi connectivity index (χ2v) is 11.2. The monoisotopic (exact) mass is 548 g/mol. The van der Waals surface area contributed by atoms with Crippen molar-refractivity contribution in [3.63, 3.8) is 0 Å². The number of hydrogen-bond acceptors (Lipinski definition) is 7. The van der Waals surface area contributed by atoms with Crippen LogP contribution in [0.1, 0.15) is 41.6 Å². The van der Waals surface area contributed by atoms with Crippen LogP contribution >= 0.6 is 11.8 Å². The van der Waals surface area contributed by atoms with E-state index in [2.05, 4.69) is 11.0 Å². The first-order valence-corrected chi connectivity index (χ1v) is 14.6. The third kappa shape index (κ3) is 6.83. The molecule has 3 heterocycles. The Bertz CT molecular complexity index is 1350. The van der Waals surface area contributed by atoms with E-state index in [0.717, 1.165) is 84.8 Å². The van der Waals surface area contributed by atoms with Gasteiger partial charge in [0, 0.05) is 69.6 Å². The highest BCUT2D eigenvalue weighted by molar-refractivity contribution is 7.99. The maximum Gasteiger partial charge on any atom is 0.257 e. The second kappa shape index (κ2) is 12.7. The highest BCUT2D eigenvalue weighted by Crippen LogP contribution is 2.33. The summed E-state index contributed by atoms with van der Waals surface area (Å²) in [5.41, 5.74) is 3.86. The topological polar surface area (TPSA) is 76.9 Å². The molecule has 5 rings (SSSR count). The fourth-order valence-corrected chi connectivity index (χ4v) is 6.02. The van der Waals surface area contributed by atoms with Gasteiger partial charge in [-0.2, -0.15) is 0 Å². The molecule has 8 nitrogen and oxygen atoms in total. The first-order valence-electron chi connectivity index (χ1n) is 13.6. The predicted octanol–water partition coefficient (Wildman–Crippen LogP) is 4.02. The van der Waals surface area contributed by atoms with Crippen LogP contribution in [0.4, 0.5) is 0 Å². The molecule has 0 spiro atoms. The normalized spacial score (nSPS) is 15.1. The molecule has 0 N–H and O–H groups in total. The minimum Gasteiger partial charge on any atom is -0.454 e. The molecule has 9 heteroatoms. The third-order valence-corrected chi connectivity index (χ3v) is 8.47. The van der Waals surface area contributed by atoms with Gasteiger partial charge in [-0.1, -0.05) is 48.2 Å². The average Bonchev–Trinajstić information content (AvgIpc) is 3.42. The molecule has 1 fully saturated rings. The van der Waals surface area contributed by atoms with Gasteiger partial charge in [-0.15, -0.1) is 0 Å². The second-order valence-electron chi connectivity index (χ2n) is 10.1.